The van der Waals surface area contributed by atoms with Crippen LogP contribution in [-0.2, 0) is 0 Å². The number of amides is 1. The molecule has 1 saturated heterocycles. The molecule has 0 radical (unpaired) electrons. The van der Waals surface area contributed by atoms with Crippen molar-refractivity contribution >= 4 is 5.91 Å². The topological polar surface area (TPSA) is 59.5 Å². The molecule has 0 aliphatic carbocycles. The summed E-state index contributed by atoms with van der Waals surface area (Å²) in [6.45, 7) is 6.53. The van der Waals surface area contributed by atoms with E-state index >= 15 is 0 Å². The fourth-order valence-electron chi connectivity index (χ4n) is 2.49. The summed E-state index contributed by atoms with van der Waals surface area (Å²) in [6.07, 6.45) is 1.74. The molecule has 1 aromatic rings. The largest absolute Gasteiger partial charge is 0.456 e. The predicted molar refractivity (Wildman–Crippen MR) is 65.9 cm³/mol. The Balaban J connectivity index is 2.17. The third-order valence-corrected chi connectivity index (χ3v) is 3.41. The first-order chi connectivity index (χ1) is 7.99. The van der Waals surface area contributed by atoms with Crippen molar-refractivity contribution in [3.63, 3.8) is 0 Å². The Morgan fingerprint density at radius 2 is 2.24 bits per heavy atom. The van der Waals surface area contributed by atoms with Gasteiger partial charge in [0.05, 0.1) is 0 Å². The zero-order valence-electron chi connectivity index (χ0n) is 10.7. The maximum Gasteiger partial charge on any atom is 0.290 e. The number of nitrogens with two attached hydrogens (primary N) is 1. The van der Waals surface area contributed by atoms with E-state index in [0.717, 1.165) is 30.7 Å². The molecule has 0 unspecified atom stereocenters. The van der Waals surface area contributed by atoms with Gasteiger partial charge in [-0.15, -0.1) is 0 Å². The molecule has 4 nitrogen and oxygen atoms in total. The monoisotopic (exact) mass is 236 g/mol. The van der Waals surface area contributed by atoms with Crippen molar-refractivity contribution in [2.45, 2.75) is 45.7 Å². The predicted octanol–water partition coefficient (Wildman–Crippen LogP) is 1.85. The van der Waals surface area contributed by atoms with Crippen LogP contribution in [0.4, 0.5) is 0 Å². The van der Waals surface area contributed by atoms with Crippen LogP contribution in [0.3, 0.4) is 0 Å². The van der Waals surface area contributed by atoms with Crippen molar-refractivity contribution in [3.05, 3.63) is 23.2 Å². The quantitative estimate of drug-likeness (QED) is 0.809. The Bertz CT molecular complexity index is 425. The van der Waals surface area contributed by atoms with Gasteiger partial charge in [0.1, 0.15) is 5.76 Å². The van der Waals surface area contributed by atoms with Crippen LogP contribution in [0.25, 0.3) is 0 Å². The molecule has 2 N–H and O–H groups in total. The molecule has 1 amide bonds. The van der Waals surface area contributed by atoms with E-state index in [0.29, 0.717) is 5.76 Å². The van der Waals surface area contributed by atoms with E-state index in [1.807, 2.05) is 31.7 Å². The number of hydrogen-bond acceptors (Lipinski definition) is 3. The summed E-state index contributed by atoms with van der Waals surface area (Å²) >= 11 is 0. The van der Waals surface area contributed by atoms with Crippen molar-refractivity contribution in [2.75, 3.05) is 6.54 Å². The highest BCUT2D eigenvalue weighted by Crippen LogP contribution is 2.22. The zero-order chi connectivity index (χ0) is 12.6. The molecule has 1 aromatic heterocycles. The fraction of sp³-hybridized carbons (Fsp3) is 0.615. The van der Waals surface area contributed by atoms with Gasteiger partial charge in [-0.1, -0.05) is 0 Å². The molecular formula is C13H20N2O2. The average molecular weight is 236 g/mol. The highest BCUT2D eigenvalue weighted by atomic mass is 16.4. The average Bonchev–Trinajstić information content (AvgIpc) is 2.57. The number of rotatable bonds is 1. The summed E-state index contributed by atoms with van der Waals surface area (Å²) in [5.74, 6) is 1.26. The second-order valence-electron chi connectivity index (χ2n) is 5.00. The Hall–Kier alpha value is -1.29. The van der Waals surface area contributed by atoms with Crippen molar-refractivity contribution in [1.29, 1.82) is 0 Å². The number of hydrogen-bond donors (Lipinski definition) is 1. The molecule has 0 saturated carbocycles. The summed E-state index contributed by atoms with van der Waals surface area (Å²) in [6, 6.07) is 2.30. The van der Waals surface area contributed by atoms with Gasteiger partial charge in [0.15, 0.2) is 5.76 Å². The standard InChI is InChI=1S/C13H20N2O2/c1-8-6-10(3)17-12(8)13(16)15-5-4-11(14)7-9(15)2/h6,9,11H,4-5,7,14H2,1-3H3/t9-,11-/m1/s1. The zero-order valence-corrected chi connectivity index (χ0v) is 10.7. The summed E-state index contributed by atoms with van der Waals surface area (Å²) in [5.41, 5.74) is 6.81. The highest BCUT2D eigenvalue weighted by molar-refractivity contribution is 5.93. The minimum absolute atomic E-state index is 0.00463. The summed E-state index contributed by atoms with van der Waals surface area (Å²) in [5, 5.41) is 0. The van der Waals surface area contributed by atoms with Crippen molar-refractivity contribution in [3.8, 4) is 0 Å². The first-order valence-corrected chi connectivity index (χ1v) is 6.12. The lowest BCUT2D eigenvalue weighted by Gasteiger charge is -2.35. The van der Waals surface area contributed by atoms with E-state index < -0.39 is 0 Å². The Kier molecular flexibility index (Phi) is 3.24. The van der Waals surface area contributed by atoms with Gasteiger partial charge in [0, 0.05) is 24.2 Å². The van der Waals surface area contributed by atoms with Crippen LogP contribution in [0.15, 0.2) is 10.5 Å². The lowest BCUT2D eigenvalue weighted by atomic mass is 9.98. The van der Waals surface area contributed by atoms with E-state index in [1.54, 1.807) is 0 Å². The molecular weight excluding hydrogens is 216 g/mol. The van der Waals surface area contributed by atoms with Crippen LogP contribution < -0.4 is 5.73 Å². The molecule has 2 atom stereocenters. The molecule has 2 rings (SSSR count). The van der Waals surface area contributed by atoms with Crippen LogP contribution >= 0.6 is 0 Å². The molecule has 0 bridgehead atoms. The summed E-state index contributed by atoms with van der Waals surface area (Å²) < 4.78 is 5.48. The van der Waals surface area contributed by atoms with E-state index in [-0.39, 0.29) is 18.0 Å². The summed E-state index contributed by atoms with van der Waals surface area (Å²) in [4.78, 5) is 14.2. The highest BCUT2D eigenvalue weighted by Gasteiger charge is 2.30. The van der Waals surface area contributed by atoms with E-state index in [1.165, 1.54) is 0 Å². The molecule has 0 spiro atoms. The van der Waals surface area contributed by atoms with Gasteiger partial charge in [-0.25, -0.2) is 0 Å². The van der Waals surface area contributed by atoms with Crippen LogP contribution in [0, 0.1) is 13.8 Å². The first kappa shape index (κ1) is 12.2. The minimum atomic E-state index is -0.00463. The molecule has 1 fully saturated rings. The molecule has 1 aliphatic rings. The van der Waals surface area contributed by atoms with Gasteiger partial charge in [-0.3, -0.25) is 4.79 Å². The van der Waals surface area contributed by atoms with Gasteiger partial charge in [0.2, 0.25) is 0 Å². The maximum atomic E-state index is 12.3. The van der Waals surface area contributed by atoms with Gasteiger partial charge in [-0.05, 0) is 39.7 Å². The summed E-state index contributed by atoms with van der Waals surface area (Å²) in [7, 11) is 0. The Morgan fingerprint density at radius 3 is 2.76 bits per heavy atom. The van der Waals surface area contributed by atoms with Gasteiger partial charge in [-0.2, -0.15) is 0 Å². The fourth-order valence-corrected chi connectivity index (χ4v) is 2.49. The van der Waals surface area contributed by atoms with Gasteiger partial charge in [0.25, 0.3) is 5.91 Å². The Morgan fingerprint density at radius 1 is 1.53 bits per heavy atom. The SMILES string of the molecule is Cc1cc(C)c(C(=O)N2CC[C@@H](N)C[C@H]2C)o1. The lowest BCUT2D eigenvalue weighted by Crippen LogP contribution is -2.48. The number of carbonyl (C=O) groups is 1. The number of aryl methyl sites for hydroxylation is 2. The van der Waals surface area contributed by atoms with Crippen LogP contribution in [0.5, 0.6) is 0 Å². The smallest absolute Gasteiger partial charge is 0.290 e. The number of carbonyl (C=O) groups excluding carboxylic acids is 1. The molecule has 94 valence electrons. The first-order valence-electron chi connectivity index (χ1n) is 6.12. The normalized spacial score (nSPS) is 25.1. The third-order valence-electron chi connectivity index (χ3n) is 3.41. The van der Waals surface area contributed by atoms with Crippen LogP contribution in [0.1, 0.15) is 41.6 Å². The number of piperidine rings is 1. The van der Waals surface area contributed by atoms with Gasteiger partial charge < -0.3 is 15.1 Å². The second kappa shape index (κ2) is 4.53. The lowest BCUT2D eigenvalue weighted by molar-refractivity contribution is 0.0584. The molecule has 4 heteroatoms. The molecule has 17 heavy (non-hydrogen) atoms. The number of likely N-dealkylation sites (tertiary alicyclic amines) is 1. The molecule has 2 heterocycles. The van der Waals surface area contributed by atoms with Crippen molar-refractivity contribution < 1.29 is 9.21 Å². The van der Waals surface area contributed by atoms with Crippen LogP contribution in [0.2, 0.25) is 0 Å². The second-order valence-corrected chi connectivity index (χ2v) is 5.00. The minimum Gasteiger partial charge on any atom is -0.456 e. The van der Waals surface area contributed by atoms with E-state index in [4.69, 9.17) is 10.2 Å². The van der Waals surface area contributed by atoms with Crippen molar-refractivity contribution in [1.82, 2.24) is 4.90 Å². The molecule has 0 aromatic carbocycles. The van der Waals surface area contributed by atoms with Crippen LogP contribution in [-0.4, -0.2) is 29.4 Å². The maximum absolute atomic E-state index is 12.3. The van der Waals surface area contributed by atoms with Gasteiger partial charge >= 0.3 is 0 Å². The third kappa shape index (κ3) is 2.36. The van der Waals surface area contributed by atoms with E-state index in [9.17, 15) is 4.79 Å². The number of furan rings is 1. The number of nitrogens with zero attached hydrogens (tertiary/aromatic N) is 1. The Labute approximate surface area is 102 Å². The van der Waals surface area contributed by atoms with E-state index in [2.05, 4.69) is 0 Å². The van der Waals surface area contributed by atoms with Crippen molar-refractivity contribution in [2.24, 2.45) is 5.73 Å². The molecule has 1 aliphatic heterocycles.